The van der Waals surface area contributed by atoms with Crippen LogP contribution in [0.25, 0.3) is 0 Å². The van der Waals surface area contributed by atoms with Crippen molar-refractivity contribution in [2.75, 3.05) is 0 Å². The van der Waals surface area contributed by atoms with Crippen LogP contribution < -0.4 is 0 Å². The van der Waals surface area contributed by atoms with Crippen molar-refractivity contribution < 1.29 is 43.9 Å². The van der Waals surface area contributed by atoms with Crippen molar-refractivity contribution in [1.29, 1.82) is 0 Å². The second-order valence-electron chi connectivity index (χ2n) is 5.33. The van der Waals surface area contributed by atoms with E-state index in [4.69, 9.17) is 4.18 Å². The number of fused-ring (bicyclic) bond motifs is 1. The van der Waals surface area contributed by atoms with Crippen molar-refractivity contribution in [2.45, 2.75) is 35.6 Å². The molecule has 0 aromatic heterocycles. The predicted octanol–water partition coefficient (Wildman–Crippen LogP) is -0.827. The van der Waals surface area contributed by atoms with Crippen LogP contribution in [0.5, 0.6) is 0 Å². The molecule has 0 aromatic carbocycles. The zero-order valence-electron chi connectivity index (χ0n) is 10.1. The molecule has 0 amide bonds. The van der Waals surface area contributed by atoms with E-state index in [1.54, 1.807) is 0 Å². The smallest absolute Gasteiger partial charge is 0.428 e. The minimum absolute atomic E-state index is 0.0944. The number of rotatable bonds is 3. The number of carbonyl (C=O) groups excluding carboxylic acids is 1. The highest BCUT2D eigenvalue weighted by atomic mass is 32.2. The van der Waals surface area contributed by atoms with E-state index in [-0.39, 0.29) is 6.42 Å². The topological polar surface area (TPSA) is 127 Å². The third-order valence-electron chi connectivity index (χ3n) is 4.21. The van der Waals surface area contributed by atoms with E-state index in [2.05, 4.69) is 4.74 Å². The van der Waals surface area contributed by atoms with Gasteiger partial charge in [0.15, 0.2) is 10.1 Å². The summed E-state index contributed by atoms with van der Waals surface area (Å²) in [6.45, 7) is 0. The molecule has 2 aliphatic carbocycles. The molecular weight excluding hydrogens is 338 g/mol. The van der Waals surface area contributed by atoms with Crippen LogP contribution >= 0.6 is 0 Å². The van der Waals surface area contributed by atoms with Crippen LogP contribution in [0, 0.1) is 11.8 Å². The van der Waals surface area contributed by atoms with Crippen molar-refractivity contribution in [3.05, 3.63) is 0 Å². The second kappa shape index (κ2) is 4.12. The Bertz CT molecular complexity index is 699. The van der Waals surface area contributed by atoms with Crippen LogP contribution in [0.3, 0.4) is 0 Å². The molecule has 0 spiro atoms. The molecule has 8 nitrogen and oxygen atoms in total. The first-order valence-electron chi connectivity index (χ1n) is 5.91. The van der Waals surface area contributed by atoms with E-state index in [0.717, 1.165) is 0 Å². The fraction of sp³-hybridized carbons (Fsp3) is 0.889. The first-order chi connectivity index (χ1) is 9.45. The Kier molecular flexibility index (Phi) is 2.95. The molecule has 1 saturated heterocycles. The summed E-state index contributed by atoms with van der Waals surface area (Å²) in [4.78, 5) is 11.2. The van der Waals surface area contributed by atoms with Gasteiger partial charge in [-0.3, -0.25) is 4.18 Å². The molecule has 0 radical (unpaired) electrons. The number of alkyl halides is 2. The number of halogens is 2. The highest BCUT2D eigenvalue weighted by Crippen LogP contribution is 2.55. The SMILES string of the molecule is O=C(OC1C2CC3C1OS(=O)(=O)C3C2)C(F)(F)S(=O)(=O)[O-]. The molecule has 2 saturated carbocycles. The number of ether oxygens (including phenoxy) is 1. The Balaban J connectivity index is 1.81. The van der Waals surface area contributed by atoms with E-state index in [0.29, 0.717) is 6.42 Å². The number of hydrogen-bond donors (Lipinski definition) is 0. The van der Waals surface area contributed by atoms with Gasteiger partial charge in [-0.1, -0.05) is 0 Å². The van der Waals surface area contributed by atoms with Crippen LogP contribution in [0.1, 0.15) is 12.8 Å². The molecule has 12 heteroatoms. The molecule has 3 rings (SSSR count). The standard InChI is InChI=1S/C9H10F2O8S2/c10-9(11,21(15,16)17)8(12)18-6-3-1-4-5(2-3)20(13,14)19-7(4)6/h3-7H,1-2H2,(H,15,16,17)/p-1. The fourth-order valence-electron chi connectivity index (χ4n) is 3.34. The summed E-state index contributed by atoms with van der Waals surface area (Å²) in [5, 5.41) is -5.96. The Morgan fingerprint density at radius 2 is 1.95 bits per heavy atom. The molecule has 5 atom stereocenters. The summed E-state index contributed by atoms with van der Waals surface area (Å²) in [7, 11) is -10.0. The van der Waals surface area contributed by atoms with Crippen LogP contribution in [-0.4, -0.2) is 50.1 Å². The van der Waals surface area contributed by atoms with Crippen molar-refractivity contribution in [3.8, 4) is 0 Å². The lowest BCUT2D eigenvalue weighted by Gasteiger charge is -2.27. The first-order valence-corrected chi connectivity index (χ1v) is 8.79. The van der Waals surface area contributed by atoms with Gasteiger partial charge in [-0.25, -0.2) is 13.2 Å². The molecule has 120 valence electrons. The maximum absolute atomic E-state index is 13.1. The lowest BCUT2D eigenvalue weighted by Crippen LogP contribution is -2.45. The van der Waals surface area contributed by atoms with Gasteiger partial charge in [-0.15, -0.1) is 0 Å². The molecular formula is C9H9F2O8S2-. The molecule has 0 N–H and O–H groups in total. The molecule has 2 bridgehead atoms. The third-order valence-corrected chi connectivity index (χ3v) is 6.78. The lowest BCUT2D eigenvalue weighted by atomic mass is 9.94. The molecule has 5 unspecified atom stereocenters. The zero-order valence-corrected chi connectivity index (χ0v) is 11.8. The monoisotopic (exact) mass is 347 g/mol. The van der Waals surface area contributed by atoms with E-state index in [9.17, 15) is 35.0 Å². The van der Waals surface area contributed by atoms with Crippen LogP contribution in [0.2, 0.25) is 0 Å². The van der Waals surface area contributed by atoms with Gasteiger partial charge in [0, 0.05) is 11.8 Å². The van der Waals surface area contributed by atoms with Crippen molar-refractivity contribution in [1.82, 2.24) is 0 Å². The van der Waals surface area contributed by atoms with Gasteiger partial charge < -0.3 is 9.29 Å². The van der Waals surface area contributed by atoms with Crippen molar-refractivity contribution >= 4 is 26.2 Å². The minimum Gasteiger partial charge on any atom is -0.743 e. The van der Waals surface area contributed by atoms with Crippen LogP contribution in [-0.2, 0) is 34.0 Å². The number of esters is 1. The van der Waals surface area contributed by atoms with Crippen LogP contribution in [0.4, 0.5) is 8.78 Å². The summed E-state index contributed by atoms with van der Waals surface area (Å²) in [6, 6.07) is 0. The van der Waals surface area contributed by atoms with Crippen molar-refractivity contribution in [3.63, 3.8) is 0 Å². The van der Waals surface area contributed by atoms with Gasteiger partial charge in [0.2, 0.25) is 0 Å². The van der Waals surface area contributed by atoms with Gasteiger partial charge in [0.05, 0.1) is 5.25 Å². The molecule has 1 aliphatic heterocycles. The van der Waals surface area contributed by atoms with Gasteiger partial charge in [0.1, 0.15) is 12.2 Å². The van der Waals surface area contributed by atoms with E-state index in [1.165, 1.54) is 0 Å². The predicted molar refractivity (Wildman–Crippen MR) is 58.3 cm³/mol. The summed E-state index contributed by atoms with van der Waals surface area (Å²) >= 11 is 0. The highest BCUT2D eigenvalue weighted by molar-refractivity contribution is 7.87. The Morgan fingerprint density at radius 3 is 2.52 bits per heavy atom. The molecule has 3 fully saturated rings. The van der Waals surface area contributed by atoms with Crippen molar-refractivity contribution in [2.24, 2.45) is 11.8 Å². The summed E-state index contributed by atoms with van der Waals surface area (Å²) in [6.07, 6.45) is -1.96. The molecule has 21 heavy (non-hydrogen) atoms. The maximum atomic E-state index is 13.1. The molecule has 0 aromatic rings. The Hall–Kier alpha value is -0.850. The number of carbonyl (C=O) groups is 1. The van der Waals surface area contributed by atoms with Gasteiger partial charge in [-0.2, -0.15) is 17.2 Å². The first kappa shape index (κ1) is 15.1. The van der Waals surface area contributed by atoms with E-state index >= 15 is 0 Å². The quantitative estimate of drug-likeness (QED) is 0.368. The van der Waals surface area contributed by atoms with E-state index in [1.807, 2.05) is 0 Å². The summed E-state index contributed by atoms with van der Waals surface area (Å²) < 4.78 is 89.6. The molecule has 3 aliphatic rings. The molecule has 1 heterocycles. The average molecular weight is 347 g/mol. The second-order valence-corrected chi connectivity index (χ2v) is 8.53. The highest BCUT2D eigenvalue weighted by Gasteiger charge is 2.66. The van der Waals surface area contributed by atoms with Gasteiger partial charge in [-0.05, 0) is 12.8 Å². The van der Waals surface area contributed by atoms with Gasteiger partial charge >= 0.3 is 11.2 Å². The summed E-state index contributed by atoms with van der Waals surface area (Å²) in [5.74, 6) is -3.47. The zero-order chi connectivity index (χ0) is 15.8. The summed E-state index contributed by atoms with van der Waals surface area (Å²) in [5.41, 5.74) is 0. The minimum atomic E-state index is -6.21. The maximum Gasteiger partial charge on any atom is 0.428 e. The largest absolute Gasteiger partial charge is 0.743 e. The van der Waals surface area contributed by atoms with Crippen LogP contribution in [0.15, 0.2) is 0 Å². The number of hydrogen-bond acceptors (Lipinski definition) is 8. The fourth-order valence-corrected chi connectivity index (χ4v) is 5.47. The third kappa shape index (κ3) is 1.99. The lowest BCUT2D eigenvalue weighted by molar-refractivity contribution is -0.173. The normalized spacial score (nSPS) is 40.4. The Labute approximate surface area is 118 Å². The van der Waals surface area contributed by atoms with E-state index < -0.39 is 60.8 Å². The average Bonchev–Trinajstić information content (AvgIpc) is 2.91. The Morgan fingerprint density at radius 1 is 1.33 bits per heavy atom. The van der Waals surface area contributed by atoms with Gasteiger partial charge in [0.25, 0.3) is 10.1 Å².